The highest BCUT2D eigenvalue weighted by molar-refractivity contribution is 5.98. The summed E-state index contributed by atoms with van der Waals surface area (Å²) >= 11 is 0. The van der Waals surface area contributed by atoms with Gasteiger partial charge in [0.15, 0.2) is 0 Å². The first-order valence-electron chi connectivity index (χ1n) is 21.6. The number of esters is 3. The molecule has 0 saturated carbocycles. The molecule has 0 radical (unpaired) electrons. The Morgan fingerprint density at radius 3 is 2.03 bits per heavy atom. The molecule has 362 valence electrons. The molecule has 1 rings (SSSR count). The number of methoxy groups -OCH3 is 1. The monoisotopic (exact) mass is 915 g/mol. The lowest BCUT2D eigenvalue weighted by Gasteiger charge is -2.27. The summed E-state index contributed by atoms with van der Waals surface area (Å²) in [5.41, 5.74) is 10.8. The molecule has 0 saturated heterocycles. The van der Waals surface area contributed by atoms with Crippen LogP contribution < -0.4 is 38.1 Å². The summed E-state index contributed by atoms with van der Waals surface area (Å²) in [7, 11) is 1.17. The number of nitrogens with one attached hydrogen (secondary N) is 5. The summed E-state index contributed by atoms with van der Waals surface area (Å²) in [6.07, 6.45) is 6.27. The zero-order valence-electron chi connectivity index (χ0n) is 38.6. The maximum Gasteiger partial charge on any atom is 0.330 e. The first-order chi connectivity index (χ1) is 30.6. The van der Waals surface area contributed by atoms with Crippen molar-refractivity contribution in [2.24, 2.45) is 28.7 Å². The average molecular weight is 916 g/mol. The number of aliphatic carboxylic acids is 1. The van der Waals surface area contributed by atoms with Crippen molar-refractivity contribution in [1.82, 2.24) is 21.3 Å². The lowest BCUT2D eigenvalue weighted by atomic mass is 9.85. The van der Waals surface area contributed by atoms with Gasteiger partial charge in [0.05, 0.1) is 20.1 Å². The minimum Gasteiger partial charge on any atom is -0.478 e. The maximum atomic E-state index is 13.5. The fourth-order valence-corrected chi connectivity index (χ4v) is 6.31. The SMILES string of the molecule is COC(=O)C(NC(=O)CC(C)(C)CC(=O)OC(C)c1ccc(NC(=O)[C@H](CCCNC(N)=O)NC(=O)C(NC(=O)CCCCCN)C(C)C)cc1)[C@H](C)CCOC(=O)/C=C/C=C\C(=O)O. The zero-order chi connectivity index (χ0) is 49.1. The zero-order valence-corrected chi connectivity index (χ0v) is 38.6. The molecule has 0 fully saturated rings. The number of urea groups is 1. The number of rotatable bonds is 30. The Morgan fingerprint density at radius 1 is 0.785 bits per heavy atom. The third-order valence-electron chi connectivity index (χ3n) is 9.93. The van der Waals surface area contributed by atoms with Crippen LogP contribution in [0.4, 0.5) is 10.5 Å². The molecular weight excluding hydrogens is 847 g/mol. The summed E-state index contributed by atoms with van der Waals surface area (Å²) < 4.78 is 15.6. The van der Waals surface area contributed by atoms with E-state index in [1.54, 1.807) is 65.8 Å². The van der Waals surface area contributed by atoms with Crippen LogP contribution in [0.15, 0.2) is 48.6 Å². The van der Waals surface area contributed by atoms with Gasteiger partial charge in [-0.25, -0.2) is 19.2 Å². The largest absolute Gasteiger partial charge is 0.478 e. The Labute approximate surface area is 380 Å². The fourth-order valence-electron chi connectivity index (χ4n) is 6.31. The van der Waals surface area contributed by atoms with Gasteiger partial charge in [0, 0.05) is 37.2 Å². The van der Waals surface area contributed by atoms with Gasteiger partial charge in [-0.15, -0.1) is 0 Å². The van der Waals surface area contributed by atoms with Crippen LogP contribution in [-0.4, -0.2) is 104 Å². The Bertz CT molecular complexity index is 1810. The van der Waals surface area contributed by atoms with Crippen LogP contribution in [0.5, 0.6) is 0 Å². The normalized spacial score (nSPS) is 13.7. The number of amides is 6. The molecule has 0 aliphatic rings. The molecule has 20 heteroatoms. The lowest BCUT2D eigenvalue weighted by molar-refractivity contribution is -0.152. The Hall–Kier alpha value is -6.31. The highest BCUT2D eigenvalue weighted by atomic mass is 16.5. The van der Waals surface area contributed by atoms with Crippen molar-refractivity contribution in [2.45, 2.75) is 124 Å². The number of anilines is 1. The van der Waals surface area contributed by atoms with Gasteiger partial charge in [-0.1, -0.05) is 65.3 Å². The van der Waals surface area contributed by atoms with Gasteiger partial charge in [-0.05, 0) is 80.5 Å². The van der Waals surface area contributed by atoms with Crippen LogP contribution in [0.3, 0.4) is 0 Å². The number of hydrogen-bond donors (Lipinski definition) is 8. The fraction of sp³-hybridized carbons (Fsp3) is 0.578. The van der Waals surface area contributed by atoms with E-state index in [0.29, 0.717) is 30.6 Å². The molecule has 5 atom stereocenters. The summed E-state index contributed by atoms with van der Waals surface area (Å²) in [6.45, 7) is 10.9. The van der Waals surface area contributed by atoms with Gasteiger partial charge >= 0.3 is 29.9 Å². The molecule has 0 heterocycles. The quantitative estimate of drug-likeness (QED) is 0.0181. The van der Waals surface area contributed by atoms with Crippen LogP contribution in [0.25, 0.3) is 0 Å². The van der Waals surface area contributed by atoms with Crippen molar-refractivity contribution in [1.29, 1.82) is 0 Å². The Morgan fingerprint density at radius 2 is 1.43 bits per heavy atom. The molecule has 0 aromatic heterocycles. The van der Waals surface area contributed by atoms with Crippen molar-refractivity contribution < 1.29 is 62.5 Å². The van der Waals surface area contributed by atoms with E-state index in [4.69, 9.17) is 30.8 Å². The van der Waals surface area contributed by atoms with Gasteiger partial charge in [-0.2, -0.15) is 0 Å². The average Bonchev–Trinajstić information content (AvgIpc) is 3.22. The number of carboxylic acids is 1. The predicted octanol–water partition coefficient (Wildman–Crippen LogP) is 3.05. The van der Waals surface area contributed by atoms with Crippen LogP contribution >= 0.6 is 0 Å². The molecule has 10 N–H and O–H groups in total. The van der Waals surface area contributed by atoms with Gasteiger partial charge in [0.25, 0.3) is 0 Å². The number of hydrogen-bond acceptors (Lipinski definition) is 13. The lowest BCUT2D eigenvalue weighted by Crippen LogP contribution is -2.54. The van der Waals surface area contributed by atoms with Crippen LogP contribution in [0.1, 0.15) is 111 Å². The van der Waals surface area contributed by atoms with Crippen molar-refractivity contribution in [3.05, 3.63) is 54.1 Å². The third kappa shape index (κ3) is 24.4. The molecule has 3 unspecified atom stereocenters. The van der Waals surface area contributed by atoms with E-state index in [2.05, 4.69) is 26.6 Å². The van der Waals surface area contributed by atoms with E-state index in [1.807, 2.05) is 0 Å². The molecule has 65 heavy (non-hydrogen) atoms. The smallest absolute Gasteiger partial charge is 0.330 e. The van der Waals surface area contributed by atoms with E-state index in [1.165, 1.54) is 13.2 Å². The Balaban J connectivity index is 2.88. The molecule has 1 aromatic rings. The highest BCUT2D eigenvalue weighted by Gasteiger charge is 2.33. The standard InChI is InChI=1S/C45H69N7O13/c1-28(2)39(51-34(53)15-9-8-12-23-46)42(60)50-33(14-13-24-48-44(47)62)41(59)49-32-20-18-31(19-21-32)30(4)65-38(58)27-45(5,6)26-35(54)52-40(43(61)63-7)29(3)22-25-64-37(57)17-11-10-16-36(55)56/h10-11,16-21,28-30,33,39-40H,8-9,12-15,22-27,46H2,1-7H3,(H,49,59)(H,50,60)(H,51,53)(H,52,54)(H,55,56)(H3,47,48,62)/b16-10-,17-11+/t29-,30?,33+,39?,40?/m1/s1. The molecular formula is C45H69N7O13. The van der Waals surface area contributed by atoms with Gasteiger partial charge in [0.1, 0.15) is 24.2 Å². The van der Waals surface area contributed by atoms with Crippen molar-refractivity contribution in [3.63, 3.8) is 0 Å². The van der Waals surface area contributed by atoms with Crippen LogP contribution in [-0.2, 0) is 52.6 Å². The molecule has 0 bridgehead atoms. The van der Waals surface area contributed by atoms with E-state index in [-0.39, 0.29) is 57.1 Å². The van der Waals surface area contributed by atoms with Gasteiger partial charge in [0.2, 0.25) is 23.6 Å². The summed E-state index contributed by atoms with van der Waals surface area (Å²) in [5, 5.41) is 22.0. The Kier molecular flexibility index (Phi) is 26.1. The van der Waals surface area contributed by atoms with Crippen LogP contribution in [0, 0.1) is 17.3 Å². The van der Waals surface area contributed by atoms with E-state index in [0.717, 1.165) is 31.1 Å². The minimum atomic E-state index is -1.18. The van der Waals surface area contributed by atoms with Crippen LogP contribution in [0.2, 0.25) is 0 Å². The number of carbonyl (C=O) groups excluding carboxylic acids is 8. The number of primary amides is 1. The third-order valence-corrected chi connectivity index (χ3v) is 9.93. The second-order valence-corrected chi connectivity index (χ2v) is 16.7. The van der Waals surface area contributed by atoms with Crippen molar-refractivity contribution in [3.8, 4) is 0 Å². The predicted molar refractivity (Wildman–Crippen MR) is 240 cm³/mol. The maximum absolute atomic E-state index is 13.5. The highest BCUT2D eigenvalue weighted by Crippen LogP contribution is 2.28. The second-order valence-electron chi connectivity index (χ2n) is 16.7. The summed E-state index contributed by atoms with van der Waals surface area (Å²) in [4.78, 5) is 112. The van der Waals surface area contributed by atoms with Crippen molar-refractivity contribution in [2.75, 3.05) is 32.1 Å². The van der Waals surface area contributed by atoms with Gasteiger partial charge < -0.3 is 57.4 Å². The van der Waals surface area contributed by atoms with E-state index >= 15 is 0 Å². The number of ether oxygens (including phenoxy) is 3. The molecule has 0 aliphatic heterocycles. The van der Waals surface area contributed by atoms with E-state index in [9.17, 15) is 43.2 Å². The number of benzene rings is 1. The first kappa shape index (κ1) is 56.7. The molecule has 1 aromatic carbocycles. The van der Waals surface area contributed by atoms with Crippen molar-refractivity contribution >= 4 is 59.2 Å². The summed E-state index contributed by atoms with van der Waals surface area (Å²) in [5.74, 6) is -5.91. The number of allylic oxidation sites excluding steroid dienone is 2. The molecule has 6 amide bonds. The topological polar surface area (TPSA) is 314 Å². The molecule has 0 aliphatic carbocycles. The number of nitrogens with two attached hydrogens (primary N) is 2. The number of unbranched alkanes of at least 4 members (excludes halogenated alkanes) is 2. The first-order valence-corrected chi connectivity index (χ1v) is 21.6. The molecule has 20 nitrogen and oxygen atoms in total. The van der Waals surface area contributed by atoms with Gasteiger partial charge in [-0.3, -0.25) is 24.0 Å². The number of carboxylic acid groups (broad SMARTS) is 1. The summed E-state index contributed by atoms with van der Waals surface area (Å²) in [6, 6.07) is 2.75. The second kappa shape index (κ2) is 29.9. The molecule has 0 spiro atoms. The van der Waals surface area contributed by atoms with E-state index < -0.39 is 83.2 Å². The minimum absolute atomic E-state index is 0.0959. The number of carbonyl (C=O) groups is 9.